The number of fused-ring (bicyclic) bond motifs is 1. The van der Waals surface area contributed by atoms with Crippen LogP contribution in [0.15, 0.2) is 48.7 Å². The topological polar surface area (TPSA) is 49.9 Å². The molecule has 4 heteroatoms. The van der Waals surface area contributed by atoms with Gasteiger partial charge in [0.25, 0.3) is 0 Å². The number of hydrogen-bond acceptors (Lipinski definition) is 3. The zero-order valence-corrected chi connectivity index (χ0v) is 12.3. The van der Waals surface area contributed by atoms with E-state index < -0.39 is 0 Å². The zero-order valence-electron chi connectivity index (χ0n) is 12.3. The van der Waals surface area contributed by atoms with Gasteiger partial charge in [-0.1, -0.05) is 30.3 Å². The van der Waals surface area contributed by atoms with Crippen molar-refractivity contribution in [3.8, 4) is 5.75 Å². The molecule has 3 aromatic rings. The van der Waals surface area contributed by atoms with Crippen molar-refractivity contribution in [2.24, 2.45) is 0 Å². The number of para-hydroxylation sites is 2. The van der Waals surface area contributed by atoms with Gasteiger partial charge < -0.3 is 10.1 Å². The number of rotatable bonds is 5. The van der Waals surface area contributed by atoms with Crippen LogP contribution in [0.25, 0.3) is 10.9 Å². The van der Waals surface area contributed by atoms with Crippen LogP contribution in [0.4, 0.5) is 5.69 Å². The molecule has 2 N–H and O–H groups in total. The highest BCUT2D eigenvalue weighted by Crippen LogP contribution is 2.23. The Morgan fingerprint density at radius 2 is 2.05 bits per heavy atom. The van der Waals surface area contributed by atoms with Crippen LogP contribution in [0.3, 0.4) is 0 Å². The fourth-order valence-corrected chi connectivity index (χ4v) is 2.61. The lowest BCUT2D eigenvalue weighted by Gasteiger charge is -2.17. The summed E-state index contributed by atoms with van der Waals surface area (Å²) in [5.74, 6) is 0.936. The molecule has 0 amide bonds. The molecular formula is C17H19N3O. The SMILES string of the molecule is COc1ccccc1CC(C)Nc1cccc2cn[nH]c12. The summed E-state index contributed by atoms with van der Waals surface area (Å²) in [4.78, 5) is 0. The molecule has 1 aromatic heterocycles. The van der Waals surface area contributed by atoms with E-state index in [4.69, 9.17) is 4.74 Å². The van der Waals surface area contributed by atoms with Crippen LogP contribution < -0.4 is 10.1 Å². The van der Waals surface area contributed by atoms with Crippen molar-refractivity contribution in [3.63, 3.8) is 0 Å². The molecule has 4 nitrogen and oxygen atoms in total. The summed E-state index contributed by atoms with van der Waals surface area (Å²) in [6.45, 7) is 2.17. The van der Waals surface area contributed by atoms with Gasteiger partial charge in [-0.3, -0.25) is 5.10 Å². The van der Waals surface area contributed by atoms with E-state index in [0.29, 0.717) is 0 Å². The normalized spacial score (nSPS) is 12.3. The average Bonchev–Trinajstić information content (AvgIpc) is 2.97. The van der Waals surface area contributed by atoms with E-state index in [9.17, 15) is 0 Å². The molecular weight excluding hydrogens is 262 g/mol. The molecule has 108 valence electrons. The Morgan fingerprint density at radius 3 is 2.90 bits per heavy atom. The number of methoxy groups -OCH3 is 1. The summed E-state index contributed by atoms with van der Waals surface area (Å²) < 4.78 is 5.41. The van der Waals surface area contributed by atoms with E-state index in [-0.39, 0.29) is 6.04 Å². The molecule has 0 aliphatic rings. The van der Waals surface area contributed by atoms with Gasteiger partial charge in [0, 0.05) is 11.4 Å². The van der Waals surface area contributed by atoms with Gasteiger partial charge in [0.05, 0.1) is 24.5 Å². The molecule has 0 saturated carbocycles. The molecule has 0 saturated heterocycles. The molecule has 21 heavy (non-hydrogen) atoms. The third-order valence-electron chi connectivity index (χ3n) is 3.60. The minimum atomic E-state index is 0.287. The highest BCUT2D eigenvalue weighted by atomic mass is 16.5. The Labute approximate surface area is 124 Å². The van der Waals surface area contributed by atoms with Gasteiger partial charge in [0.2, 0.25) is 0 Å². The van der Waals surface area contributed by atoms with Crippen molar-refractivity contribution in [1.29, 1.82) is 0 Å². The molecule has 1 atom stereocenters. The van der Waals surface area contributed by atoms with Crippen molar-refractivity contribution in [2.45, 2.75) is 19.4 Å². The molecule has 2 aromatic carbocycles. The average molecular weight is 281 g/mol. The van der Waals surface area contributed by atoms with Gasteiger partial charge in [0.1, 0.15) is 5.75 Å². The first-order valence-electron chi connectivity index (χ1n) is 7.08. The second-order valence-corrected chi connectivity index (χ2v) is 5.20. The van der Waals surface area contributed by atoms with Crippen LogP contribution in [0.2, 0.25) is 0 Å². The van der Waals surface area contributed by atoms with Crippen LogP contribution in [-0.4, -0.2) is 23.3 Å². The summed E-state index contributed by atoms with van der Waals surface area (Å²) in [6, 6.07) is 14.6. The van der Waals surface area contributed by atoms with Crippen LogP contribution in [0.1, 0.15) is 12.5 Å². The highest BCUT2D eigenvalue weighted by molar-refractivity contribution is 5.89. The predicted molar refractivity (Wildman–Crippen MR) is 85.9 cm³/mol. The summed E-state index contributed by atoms with van der Waals surface area (Å²) in [7, 11) is 1.71. The van der Waals surface area contributed by atoms with Crippen molar-refractivity contribution in [1.82, 2.24) is 10.2 Å². The maximum absolute atomic E-state index is 5.41. The van der Waals surface area contributed by atoms with Crippen molar-refractivity contribution >= 4 is 16.6 Å². The van der Waals surface area contributed by atoms with Crippen molar-refractivity contribution in [2.75, 3.05) is 12.4 Å². The van der Waals surface area contributed by atoms with E-state index in [1.165, 1.54) is 5.56 Å². The number of nitrogens with zero attached hydrogens (tertiary/aromatic N) is 1. The monoisotopic (exact) mass is 281 g/mol. The third-order valence-corrected chi connectivity index (χ3v) is 3.60. The maximum Gasteiger partial charge on any atom is 0.122 e. The number of H-pyrrole nitrogens is 1. The number of aromatic amines is 1. The second-order valence-electron chi connectivity index (χ2n) is 5.20. The first kappa shape index (κ1) is 13.5. The van der Waals surface area contributed by atoms with E-state index in [1.807, 2.05) is 30.5 Å². The van der Waals surface area contributed by atoms with Gasteiger partial charge in [-0.05, 0) is 31.0 Å². The standard InChI is InChI=1S/C17H19N3O/c1-12(10-13-6-3-4-9-16(13)21-2)19-15-8-5-7-14-11-18-20-17(14)15/h3-9,11-12,19H,10H2,1-2H3,(H,18,20). The summed E-state index contributed by atoms with van der Waals surface area (Å²) in [5.41, 5.74) is 3.33. The Morgan fingerprint density at radius 1 is 1.19 bits per heavy atom. The maximum atomic E-state index is 5.41. The molecule has 0 radical (unpaired) electrons. The minimum Gasteiger partial charge on any atom is -0.496 e. The largest absolute Gasteiger partial charge is 0.496 e. The molecule has 0 fully saturated rings. The highest BCUT2D eigenvalue weighted by Gasteiger charge is 2.10. The second kappa shape index (κ2) is 5.87. The summed E-state index contributed by atoms with van der Waals surface area (Å²) in [5, 5.41) is 11.8. The van der Waals surface area contributed by atoms with Gasteiger partial charge in [-0.25, -0.2) is 0 Å². The van der Waals surface area contributed by atoms with Gasteiger partial charge in [-0.2, -0.15) is 5.10 Å². The van der Waals surface area contributed by atoms with E-state index >= 15 is 0 Å². The predicted octanol–water partition coefficient (Wildman–Crippen LogP) is 3.61. The molecule has 1 heterocycles. The number of aromatic nitrogens is 2. The number of hydrogen-bond donors (Lipinski definition) is 2. The fourth-order valence-electron chi connectivity index (χ4n) is 2.61. The Hall–Kier alpha value is -2.49. The summed E-state index contributed by atoms with van der Waals surface area (Å²) >= 11 is 0. The number of ether oxygens (including phenoxy) is 1. The third kappa shape index (κ3) is 2.84. The number of benzene rings is 2. The van der Waals surface area contributed by atoms with Crippen molar-refractivity contribution < 1.29 is 4.74 Å². The van der Waals surface area contributed by atoms with Crippen LogP contribution in [0.5, 0.6) is 5.75 Å². The zero-order chi connectivity index (χ0) is 14.7. The van der Waals surface area contributed by atoms with Crippen LogP contribution in [-0.2, 0) is 6.42 Å². The lowest BCUT2D eigenvalue weighted by atomic mass is 10.1. The van der Waals surface area contributed by atoms with Gasteiger partial charge >= 0.3 is 0 Å². The fraction of sp³-hybridized carbons (Fsp3) is 0.235. The lowest BCUT2D eigenvalue weighted by Crippen LogP contribution is -2.18. The molecule has 1 unspecified atom stereocenters. The quantitative estimate of drug-likeness (QED) is 0.751. The van der Waals surface area contributed by atoms with E-state index in [2.05, 4.69) is 40.6 Å². The Bertz CT molecular complexity index is 735. The smallest absolute Gasteiger partial charge is 0.122 e. The lowest BCUT2D eigenvalue weighted by molar-refractivity contribution is 0.409. The number of anilines is 1. The Kier molecular flexibility index (Phi) is 3.77. The first-order chi connectivity index (χ1) is 10.3. The van der Waals surface area contributed by atoms with Crippen LogP contribution >= 0.6 is 0 Å². The van der Waals surface area contributed by atoms with Crippen molar-refractivity contribution in [3.05, 3.63) is 54.2 Å². The molecule has 3 rings (SSSR count). The minimum absolute atomic E-state index is 0.287. The van der Waals surface area contributed by atoms with E-state index in [1.54, 1.807) is 7.11 Å². The molecule has 0 spiro atoms. The molecule has 0 bridgehead atoms. The van der Waals surface area contributed by atoms with E-state index in [0.717, 1.165) is 28.8 Å². The first-order valence-corrected chi connectivity index (χ1v) is 7.08. The number of nitrogens with one attached hydrogen (secondary N) is 2. The van der Waals surface area contributed by atoms with Gasteiger partial charge in [0.15, 0.2) is 0 Å². The molecule has 0 aliphatic heterocycles. The Balaban J connectivity index is 1.77. The summed E-state index contributed by atoms with van der Waals surface area (Å²) in [6.07, 6.45) is 2.74. The molecule has 0 aliphatic carbocycles. The van der Waals surface area contributed by atoms with Crippen LogP contribution in [0, 0.1) is 0 Å². The van der Waals surface area contributed by atoms with Gasteiger partial charge in [-0.15, -0.1) is 0 Å².